The van der Waals surface area contributed by atoms with Gasteiger partial charge in [0.1, 0.15) is 6.61 Å². The van der Waals surface area contributed by atoms with Gasteiger partial charge in [-0.15, -0.1) is 0 Å². The number of hydrogen-bond acceptors (Lipinski definition) is 5. The van der Waals surface area contributed by atoms with Crippen LogP contribution in [0.3, 0.4) is 0 Å². The summed E-state index contributed by atoms with van der Waals surface area (Å²) in [5.41, 5.74) is 0. The Bertz CT molecular complexity index is 150. The lowest BCUT2D eigenvalue weighted by atomic mass is 10.2. The molecule has 0 radical (unpaired) electrons. The van der Waals surface area contributed by atoms with E-state index in [1.54, 1.807) is 0 Å². The van der Waals surface area contributed by atoms with Crippen molar-refractivity contribution in [2.75, 3.05) is 33.0 Å². The smallest absolute Gasteiger partial charge is 0.303 e. The number of rotatable bonds is 11. The first kappa shape index (κ1) is 14.3. The van der Waals surface area contributed by atoms with Crippen LogP contribution in [-0.2, 0) is 19.2 Å². The highest BCUT2D eigenvalue weighted by atomic mass is 17.1. The molecule has 0 aliphatic heterocycles. The number of hydrogen-bond donors (Lipinski definition) is 2. The summed E-state index contributed by atoms with van der Waals surface area (Å²) in [6.07, 6.45) is 1.56. The van der Waals surface area contributed by atoms with E-state index >= 15 is 0 Å². The molecule has 2 N–H and O–H groups in total. The third kappa shape index (κ3) is 13.3. The predicted octanol–water partition coefficient (Wildman–Crippen LogP) is 0.764. The minimum Gasteiger partial charge on any atom is -0.481 e. The lowest BCUT2D eigenvalue weighted by molar-refractivity contribution is -0.249. The minimum atomic E-state index is -0.776. The molecular weight excluding hydrogens is 204 g/mol. The molecule has 15 heavy (non-hydrogen) atoms. The zero-order valence-corrected chi connectivity index (χ0v) is 8.68. The molecule has 0 aromatic heterocycles. The van der Waals surface area contributed by atoms with Gasteiger partial charge in [0.25, 0.3) is 0 Å². The van der Waals surface area contributed by atoms with Crippen LogP contribution in [0.25, 0.3) is 0 Å². The van der Waals surface area contributed by atoms with Crippen LogP contribution in [0.1, 0.15) is 19.3 Å². The molecule has 0 atom stereocenters. The number of carbonyl (C=O) groups is 1. The molecule has 0 unspecified atom stereocenters. The van der Waals surface area contributed by atoms with Crippen LogP contribution in [-0.4, -0.2) is 49.4 Å². The van der Waals surface area contributed by atoms with Crippen LogP contribution < -0.4 is 0 Å². The van der Waals surface area contributed by atoms with Crippen molar-refractivity contribution in [1.82, 2.24) is 0 Å². The highest BCUT2D eigenvalue weighted by Gasteiger charge is 1.96. The molecular formula is C9H18O6. The maximum absolute atomic E-state index is 10.1. The summed E-state index contributed by atoms with van der Waals surface area (Å²) in [6, 6.07) is 0. The quantitative estimate of drug-likeness (QED) is 0.305. The van der Waals surface area contributed by atoms with Crippen LogP contribution in [0.5, 0.6) is 0 Å². The molecule has 0 amide bonds. The second kappa shape index (κ2) is 11.4. The van der Waals surface area contributed by atoms with Crippen molar-refractivity contribution in [1.29, 1.82) is 0 Å². The standard InChI is InChI=1S/C9H18O6/c10-9(11)3-1-2-4-13-5-6-14-7-8-15-12/h12H,1-8H2,(H,10,11). The van der Waals surface area contributed by atoms with Gasteiger partial charge in [0.2, 0.25) is 0 Å². The van der Waals surface area contributed by atoms with E-state index in [4.69, 9.17) is 19.8 Å². The summed E-state index contributed by atoms with van der Waals surface area (Å²) in [4.78, 5) is 13.9. The fourth-order valence-corrected chi connectivity index (χ4v) is 0.899. The number of carboxylic acids is 1. The summed E-state index contributed by atoms with van der Waals surface area (Å²) in [6.45, 7) is 1.95. The Kier molecular flexibility index (Phi) is 10.9. The number of aliphatic carboxylic acids is 1. The van der Waals surface area contributed by atoms with Crippen LogP contribution in [0.4, 0.5) is 0 Å². The Labute approximate surface area is 88.7 Å². The molecule has 0 bridgehead atoms. The minimum absolute atomic E-state index is 0.151. The van der Waals surface area contributed by atoms with Gasteiger partial charge in [-0.3, -0.25) is 10.1 Å². The molecule has 0 aromatic carbocycles. The maximum atomic E-state index is 10.1. The van der Waals surface area contributed by atoms with Crippen molar-refractivity contribution in [3.63, 3.8) is 0 Å². The zero-order chi connectivity index (χ0) is 11.4. The predicted molar refractivity (Wildman–Crippen MR) is 51.7 cm³/mol. The van der Waals surface area contributed by atoms with Gasteiger partial charge in [0.05, 0.1) is 19.8 Å². The molecule has 6 nitrogen and oxygen atoms in total. The first-order valence-corrected chi connectivity index (χ1v) is 4.91. The van der Waals surface area contributed by atoms with Crippen molar-refractivity contribution in [3.05, 3.63) is 0 Å². The molecule has 90 valence electrons. The van der Waals surface area contributed by atoms with Gasteiger partial charge < -0.3 is 14.6 Å². The summed E-state index contributed by atoms with van der Waals surface area (Å²) in [7, 11) is 0. The van der Waals surface area contributed by atoms with Crippen molar-refractivity contribution in [3.8, 4) is 0 Å². The van der Waals surface area contributed by atoms with E-state index in [0.717, 1.165) is 6.42 Å². The van der Waals surface area contributed by atoms with Crippen LogP contribution in [0.2, 0.25) is 0 Å². The van der Waals surface area contributed by atoms with E-state index in [1.807, 2.05) is 0 Å². The lowest BCUT2D eigenvalue weighted by Gasteiger charge is -2.04. The second-order valence-corrected chi connectivity index (χ2v) is 2.91. The Balaban J connectivity index is 2.89. The maximum Gasteiger partial charge on any atom is 0.303 e. The summed E-state index contributed by atoms with van der Waals surface area (Å²) in [5, 5.41) is 16.3. The van der Waals surface area contributed by atoms with Crippen molar-refractivity contribution < 1.29 is 29.5 Å². The van der Waals surface area contributed by atoms with Gasteiger partial charge in [-0.1, -0.05) is 0 Å². The first-order valence-electron chi connectivity index (χ1n) is 4.91. The summed E-state index contributed by atoms with van der Waals surface area (Å²) >= 11 is 0. The molecule has 0 fully saturated rings. The van der Waals surface area contributed by atoms with Crippen molar-refractivity contribution in [2.45, 2.75) is 19.3 Å². The van der Waals surface area contributed by atoms with Crippen LogP contribution in [0, 0.1) is 0 Å². The van der Waals surface area contributed by atoms with Crippen molar-refractivity contribution >= 4 is 5.97 Å². The number of unbranched alkanes of at least 4 members (excludes halogenated alkanes) is 1. The molecule has 0 aromatic rings. The van der Waals surface area contributed by atoms with Crippen molar-refractivity contribution in [2.24, 2.45) is 0 Å². The molecule has 0 heterocycles. The topological polar surface area (TPSA) is 85.2 Å². The van der Waals surface area contributed by atoms with E-state index in [0.29, 0.717) is 32.8 Å². The van der Waals surface area contributed by atoms with Crippen LogP contribution >= 0.6 is 0 Å². The first-order chi connectivity index (χ1) is 7.27. The van der Waals surface area contributed by atoms with Crippen LogP contribution in [0.15, 0.2) is 0 Å². The fourth-order valence-electron chi connectivity index (χ4n) is 0.899. The van der Waals surface area contributed by atoms with Gasteiger partial charge in [-0.05, 0) is 12.8 Å². The van der Waals surface area contributed by atoms with E-state index in [1.165, 1.54) is 0 Å². The molecule has 0 aliphatic rings. The SMILES string of the molecule is O=C(O)CCCCOCCOCCOO. The monoisotopic (exact) mass is 222 g/mol. The normalized spacial score (nSPS) is 10.5. The van der Waals surface area contributed by atoms with Gasteiger partial charge in [0, 0.05) is 13.0 Å². The Morgan fingerprint density at radius 1 is 0.933 bits per heavy atom. The van der Waals surface area contributed by atoms with E-state index in [-0.39, 0.29) is 13.0 Å². The fraction of sp³-hybridized carbons (Fsp3) is 0.889. The highest BCUT2D eigenvalue weighted by molar-refractivity contribution is 5.66. The van der Waals surface area contributed by atoms with Gasteiger partial charge >= 0.3 is 5.97 Å². The van der Waals surface area contributed by atoms with E-state index in [9.17, 15) is 4.79 Å². The number of carboxylic acid groups (broad SMARTS) is 1. The van der Waals surface area contributed by atoms with E-state index < -0.39 is 5.97 Å². The molecule has 0 saturated heterocycles. The van der Waals surface area contributed by atoms with Gasteiger partial charge in [-0.2, -0.15) is 0 Å². The van der Waals surface area contributed by atoms with E-state index in [2.05, 4.69) is 4.89 Å². The molecule has 0 spiro atoms. The zero-order valence-electron chi connectivity index (χ0n) is 8.68. The average Bonchev–Trinajstić information content (AvgIpc) is 2.20. The molecule has 0 aliphatic carbocycles. The Hall–Kier alpha value is -0.690. The second-order valence-electron chi connectivity index (χ2n) is 2.91. The third-order valence-electron chi connectivity index (χ3n) is 1.62. The number of ether oxygens (including phenoxy) is 2. The molecule has 0 saturated carbocycles. The third-order valence-corrected chi connectivity index (χ3v) is 1.62. The average molecular weight is 222 g/mol. The summed E-state index contributed by atoms with van der Waals surface area (Å²) < 4.78 is 10.2. The molecule has 6 heteroatoms. The lowest BCUT2D eigenvalue weighted by Crippen LogP contribution is -2.09. The van der Waals surface area contributed by atoms with Gasteiger partial charge in [-0.25, -0.2) is 4.89 Å². The molecule has 0 rings (SSSR count). The van der Waals surface area contributed by atoms with Gasteiger partial charge in [0.15, 0.2) is 0 Å². The Morgan fingerprint density at radius 3 is 2.13 bits per heavy atom. The Morgan fingerprint density at radius 2 is 1.53 bits per heavy atom. The largest absolute Gasteiger partial charge is 0.481 e. The highest BCUT2D eigenvalue weighted by Crippen LogP contribution is 1.95. The summed E-state index contributed by atoms with van der Waals surface area (Å²) in [5.74, 6) is -0.776.